The number of carbonyl (C=O) groups is 2. The standard InChI is InChI=1S/C44H40N6O2/c51-41(43(21-22-43)31-9-3-1-4-10-31)49-25-7-13-37(49)39-45-33-19-17-29(27-35(33)47-39)15-16-30-18-20-34-36(28-30)48-40(46-34)38-14-8-26-50(38)42(52)44(23-24-44)32-11-5-2-6-12-32/h1-6,9-12,17-20,27-28,37-38H,7-8,13-14,21-26H2,(H,45,47)(H,46,48)/t37-,38-/m0/s1. The topological polar surface area (TPSA) is 98.0 Å². The minimum Gasteiger partial charge on any atom is -0.340 e. The Bertz CT molecular complexity index is 2240. The number of hydrogen-bond donors (Lipinski definition) is 2. The fourth-order valence-corrected chi connectivity index (χ4v) is 8.82. The minimum atomic E-state index is -0.378. The van der Waals surface area contributed by atoms with Gasteiger partial charge in [0.2, 0.25) is 11.8 Å². The summed E-state index contributed by atoms with van der Waals surface area (Å²) in [5, 5.41) is 0. The van der Waals surface area contributed by atoms with Crippen LogP contribution in [0.4, 0.5) is 0 Å². The zero-order chi connectivity index (χ0) is 34.9. The van der Waals surface area contributed by atoms with Gasteiger partial charge in [0.1, 0.15) is 11.6 Å². The third-order valence-electron chi connectivity index (χ3n) is 12.0. The summed E-state index contributed by atoms with van der Waals surface area (Å²) < 4.78 is 0. The van der Waals surface area contributed by atoms with Gasteiger partial charge in [0.05, 0.1) is 45.0 Å². The molecule has 2 atom stereocenters. The number of benzene rings is 4. The molecule has 4 aliphatic rings. The number of nitrogens with zero attached hydrogens (tertiary/aromatic N) is 4. The van der Waals surface area contributed by atoms with Gasteiger partial charge in [-0.15, -0.1) is 0 Å². The van der Waals surface area contributed by atoms with E-state index in [1.54, 1.807) is 0 Å². The molecule has 4 heterocycles. The van der Waals surface area contributed by atoms with E-state index in [1.165, 1.54) is 0 Å². The van der Waals surface area contributed by atoms with Crippen LogP contribution in [-0.4, -0.2) is 54.6 Å². The molecular weight excluding hydrogens is 645 g/mol. The molecule has 2 aliphatic carbocycles. The molecule has 2 saturated heterocycles. The summed E-state index contributed by atoms with van der Waals surface area (Å²) in [5.41, 5.74) is 6.86. The van der Waals surface area contributed by atoms with Crippen molar-refractivity contribution in [2.24, 2.45) is 0 Å². The van der Waals surface area contributed by atoms with E-state index in [-0.39, 0.29) is 34.7 Å². The lowest BCUT2D eigenvalue weighted by Crippen LogP contribution is -2.39. The molecule has 258 valence electrons. The summed E-state index contributed by atoms with van der Waals surface area (Å²) in [6, 6.07) is 32.5. The molecule has 0 radical (unpaired) electrons. The lowest BCUT2D eigenvalue weighted by Gasteiger charge is -2.28. The molecule has 2 saturated carbocycles. The quantitative estimate of drug-likeness (QED) is 0.176. The highest BCUT2D eigenvalue weighted by atomic mass is 16.2. The van der Waals surface area contributed by atoms with Crippen molar-refractivity contribution in [2.45, 2.75) is 74.3 Å². The van der Waals surface area contributed by atoms with E-state index >= 15 is 0 Å². The lowest BCUT2D eigenvalue weighted by molar-refractivity contribution is -0.135. The second kappa shape index (κ2) is 11.9. The fourth-order valence-electron chi connectivity index (χ4n) is 8.82. The van der Waals surface area contributed by atoms with Crippen LogP contribution in [0.1, 0.15) is 97.4 Å². The molecule has 2 amide bonds. The van der Waals surface area contributed by atoms with E-state index in [0.717, 1.165) is 120 Å². The molecule has 10 rings (SSSR count). The van der Waals surface area contributed by atoms with Crippen molar-refractivity contribution >= 4 is 33.9 Å². The normalized spacial score (nSPS) is 21.3. The maximum absolute atomic E-state index is 13.9. The van der Waals surface area contributed by atoms with Gasteiger partial charge in [0.15, 0.2) is 0 Å². The highest BCUT2D eigenvalue weighted by Crippen LogP contribution is 2.52. The van der Waals surface area contributed by atoms with Crippen molar-refractivity contribution in [1.82, 2.24) is 29.7 Å². The van der Waals surface area contributed by atoms with Gasteiger partial charge in [-0.25, -0.2) is 9.97 Å². The summed E-state index contributed by atoms with van der Waals surface area (Å²) in [6.07, 6.45) is 7.40. The number of rotatable bonds is 6. The summed E-state index contributed by atoms with van der Waals surface area (Å²) in [4.78, 5) is 49.0. The van der Waals surface area contributed by atoms with E-state index in [9.17, 15) is 9.59 Å². The van der Waals surface area contributed by atoms with Crippen molar-refractivity contribution in [3.8, 4) is 11.8 Å². The number of aromatic nitrogens is 4. The maximum Gasteiger partial charge on any atom is 0.233 e. The number of likely N-dealkylation sites (tertiary alicyclic amines) is 2. The largest absolute Gasteiger partial charge is 0.340 e. The first-order valence-corrected chi connectivity index (χ1v) is 18.8. The Hall–Kier alpha value is -5.68. The number of amides is 2. The molecule has 4 fully saturated rings. The van der Waals surface area contributed by atoms with Gasteiger partial charge in [-0.2, -0.15) is 0 Å². The van der Waals surface area contributed by atoms with Crippen molar-refractivity contribution in [2.75, 3.05) is 13.1 Å². The van der Waals surface area contributed by atoms with Crippen molar-refractivity contribution in [3.05, 3.63) is 131 Å². The number of imidazole rings is 2. The monoisotopic (exact) mass is 684 g/mol. The second-order valence-electron chi connectivity index (χ2n) is 15.2. The van der Waals surface area contributed by atoms with Crippen LogP contribution in [-0.2, 0) is 20.4 Å². The molecule has 8 nitrogen and oxygen atoms in total. The van der Waals surface area contributed by atoms with Crippen LogP contribution in [0.15, 0.2) is 97.1 Å². The zero-order valence-electron chi connectivity index (χ0n) is 29.1. The first-order chi connectivity index (χ1) is 25.5. The Labute approximate surface area is 302 Å². The summed E-state index contributed by atoms with van der Waals surface area (Å²) in [5.74, 6) is 8.84. The van der Waals surface area contributed by atoms with Gasteiger partial charge in [0.25, 0.3) is 0 Å². The third kappa shape index (κ3) is 5.13. The van der Waals surface area contributed by atoms with Gasteiger partial charge in [-0.1, -0.05) is 72.5 Å². The van der Waals surface area contributed by atoms with Crippen molar-refractivity contribution < 1.29 is 9.59 Å². The first-order valence-electron chi connectivity index (χ1n) is 18.8. The number of hydrogen-bond acceptors (Lipinski definition) is 4. The van der Waals surface area contributed by atoms with Crippen LogP contribution in [0.5, 0.6) is 0 Å². The molecule has 2 aromatic heterocycles. The van der Waals surface area contributed by atoms with Crippen LogP contribution in [0.2, 0.25) is 0 Å². The van der Waals surface area contributed by atoms with Crippen LogP contribution >= 0.6 is 0 Å². The van der Waals surface area contributed by atoms with E-state index < -0.39 is 0 Å². The molecular formula is C44H40N6O2. The van der Waals surface area contributed by atoms with Gasteiger partial charge >= 0.3 is 0 Å². The number of carbonyl (C=O) groups excluding carboxylic acids is 2. The summed E-state index contributed by atoms with van der Waals surface area (Å²) in [6.45, 7) is 1.53. The SMILES string of the molecule is O=C(N1CCC[C@H]1c1nc2cc(C#Cc3ccc4[nH]c([C@@H]5CCCN5C(=O)C5(c6ccccc6)CC5)nc4c3)ccc2[nH]1)C1(c2ccccc2)CC1. The number of fused-ring (bicyclic) bond motifs is 2. The maximum atomic E-state index is 13.9. The average Bonchev–Trinajstić information content (AvgIpc) is 3.87. The molecule has 8 heteroatoms. The van der Waals surface area contributed by atoms with Gasteiger partial charge in [0, 0.05) is 24.2 Å². The van der Waals surface area contributed by atoms with Gasteiger partial charge in [-0.3, -0.25) is 9.59 Å². The molecule has 52 heavy (non-hydrogen) atoms. The number of aromatic amines is 2. The van der Waals surface area contributed by atoms with Crippen molar-refractivity contribution in [3.63, 3.8) is 0 Å². The Morgan fingerprint density at radius 2 is 1.02 bits per heavy atom. The summed E-state index contributed by atoms with van der Waals surface area (Å²) in [7, 11) is 0. The van der Waals surface area contributed by atoms with E-state index in [1.807, 2.05) is 72.8 Å². The fraction of sp³-hybridized carbons (Fsp3) is 0.318. The van der Waals surface area contributed by atoms with Crippen LogP contribution in [0, 0.1) is 11.8 Å². The molecule has 0 spiro atoms. The third-order valence-corrected chi connectivity index (χ3v) is 12.0. The molecule has 0 bridgehead atoms. The van der Waals surface area contributed by atoms with E-state index in [2.05, 4.69) is 55.9 Å². The second-order valence-corrected chi connectivity index (χ2v) is 15.2. The zero-order valence-corrected chi connectivity index (χ0v) is 29.1. The summed E-state index contributed by atoms with van der Waals surface area (Å²) >= 11 is 0. The van der Waals surface area contributed by atoms with Crippen LogP contribution in [0.3, 0.4) is 0 Å². The molecule has 2 N–H and O–H groups in total. The Kier molecular flexibility index (Phi) is 7.14. The van der Waals surface area contributed by atoms with Gasteiger partial charge < -0.3 is 19.8 Å². The predicted molar refractivity (Wildman–Crippen MR) is 200 cm³/mol. The highest BCUT2D eigenvalue weighted by Gasteiger charge is 2.55. The Balaban J connectivity index is 0.863. The highest BCUT2D eigenvalue weighted by molar-refractivity contribution is 5.92. The molecule has 6 aromatic rings. The van der Waals surface area contributed by atoms with E-state index in [4.69, 9.17) is 9.97 Å². The smallest absolute Gasteiger partial charge is 0.233 e. The minimum absolute atomic E-state index is 0.0470. The molecule has 0 unspecified atom stereocenters. The average molecular weight is 685 g/mol. The van der Waals surface area contributed by atoms with Gasteiger partial charge in [-0.05, 0) is 98.9 Å². The predicted octanol–water partition coefficient (Wildman–Crippen LogP) is 7.63. The van der Waals surface area contributed by atoms with Crippen molar-refractivity contribution in [1.29, 1.82) is 0 Å². The first kappa shape index (κ1) is 31.1. The molecule has 2 aliphatic heterocycles. The molecule has 4 aromatic carbocycles. The van der Waals surface area contributed by atoms with Crippen LogP contribution in [0.25, 0.3) is 22.1 Å². The Morgan fingerprint density at radius 3 is 1.42 bits per heavy atom. The van der Waals surface area contributed by atoms with Crippen LogP contribution < -0.4 is 0 Å². The lowest BCUT2D eigenvalue weighted by atomic mass is 9.94. The number of H-pyrrole nitrogens is 2. The number of nitrogens with one attached hydrogen (secondary N) is 2. The van der Waals surface area contributed by atoms with E-state index in [0.29, 0.717) is 0 Å². The Morgan fingerprint density at radius 1 is 0.596 bits per heavy atom.